The molecule has 1 aliphatic carbocycles. The van der Waals surface area contributed by atoms with Crippen molar-refractivity contribution in [3.8, 4) is 0 Å². The number of nitrogens with zero attached hydrogens (tertiary/aromatic N) is 1. The molecule has 0 aromatic heterocycles. The first-order valence-electron chi connectivity index (χ1n) is 7.38. The van der Waals surface area contributed by atoms with Crippen LogP contribution in [-0.2, 0) is 0 Å². The third-order valence-electron chi connectivity index (χ3n) is 4.27. The van der Waals surface area contributed by atoms with E-state index in [1.54, 1.807) is 0 Å². The molecule has 2 rings (SSSR count). The Morgan fingerprint density at radius 1 is 1.06 bits per heavy atom. The summed E-state index contributed by atoms with van der Waals surface area (Å²) in [6.45, 7) is 6.03. The van der Waals surface area contributed by atoms with Crippen molar-refractivity contribution >= 4 is 0 Å². The number of hydrogen-bond donors (Lipinski definition) is 1. The van der Waals surface area contributed by atoms with Crippen LogP contribution in [0.5, 0.6) is 0 Å². The first-order chi connectivity index (χ1) is 7.92. The summed E-state index contributed by atoms with van der Waals surface area (Å²) in [6, 6.07) is 1.76. The first-order valence-corrected chi connectivity index (χ1v) is 7.38. The SMILES string of the molecule is CCCNCC1CCCN1C1CCCCC1. The van der Waals surface area contributed by atoms with Gasteiger partial charge in [-0.25, -0.2) is 0 Å². The zero-order valence-electron chi connectivity index (χ0n) is 10.9. The van der Waals surface area contributed by atoms with E-state index in [9.17, 15) is 0 Å². The van der Waals surface area contributed by atoms with Crippen molar-refractivity contribution in [2.75, 3.05) is 19.6 Å². The summed E-state index contributed by atoms with van der Waals surface area (Å²) in [4.78, 5) is 2.82. The molecular weight excluding hydrogens is 196 g/mol. The second-order valence-corrected chi connectivity index (χ2v) is 5.53. The van der Waals surface area contributed by atoms with Crippen molar-refractivity contribution in [2.24, 2.45) is 0 Å². The molecule has 0 bridgehead atoms. The van der Waals surface area contributed by atoms with Gasteiger partial charge >= 0.3 is 0 Å². The van der Waals surface area contributed by atoms with E-state index in [0.29, 0.717) is 0 Å². The highest BCUT2D eigenvalue weighted by Crippen LogP contribution is 2.28. The van der Waals surface area contributed by atoms with Crippen molar-refractivity contribution in [3.63, 3.8) is 0 Å². The number of likely N-dealkylation sites (tertiary alicyclic amines) is 1. The van der Waals surface area contributed by atoms with E-state index in [2.05, 4.69) is 17.1 Å². The average Bonchev–Trinajstić information content (AvgIpc) is 2.79. The van der Waals surface area contributed by atoms with Gasteiger partial charge in [0, 0.05) is 18.6 Å². The summed E-state index contributed by atoms with van der Waals surface area (Å²) in [6.07, 6.45) is 11.4. The maximum Gasteiger partial charge on any atom is 0.0224 e. The lowest BCUT2D eigenvalue weighted by molar-refractivity contribution is 0.140. The van der Waals surface area contributed by atoms with E-state index in [1.807, 2.05) is 0 Å². The zero-order valence-corrected chi connectivity index (χ0v) is 10.9. The molecule has 0 amide bonds. The summed E-state index contributed by atoms with van der Waals surface area (Å²) >= 11 is 0. The molecule has 1 N–H and O–H groups in total. The zero-order chi connectivity index (χ0) is 11.2. The molecule has 2 fully saturated rings. The van der Waals surface area contributed by atoms with Gasteiger partial charge in [-0.05, 0) is 45.2 Å². The van der Waals surface area contributed by atoms with E-state index in [-0.39, 0.29) is 0 Å². The highest BCUT2D eigenvalue weighted by Gasteiger charge is 2.30. The predicted octanol–water partition coefficient (Wildman–Crippen LogP) is 2.78. The normalized spacial score (nSPS) is 28.7. The van der Waals surface area contributed by atoms with Crippen LogP contribution in [0.4, 0.5) is 0 Å². The molecule has 0 aromatic rings. The summed E-state index contributed by atoms with van der Waals surface area (Å²) in [5, 5.41) is 3.60. The van der Waals surface area contributed by atoms with Gasteiger partial charge in [-0.3, -0.25) is 4.90 Å². The Morgan fingerprint density at radius 3 is 2.62 bits per heavy atom. The number of hydrogen-bond acceptors (Lipinski definition) is 2. The lowest BCUT2D eigenvalue weighted by atomic mass is 9.94. The van der Waals surface area contributed by atoms with Crippen molar-refractivity contribution in [1.29, 1.82) is 0 Å². The van der Waals surface area contributed by atoms with E-state index in [0.717, 1.165) is 12.1 Å². The van der Waals surface area contributed by atoms with Crippen LogP contribution in [0, 0.1) is 0 Å². The molecule has 2 nitrogen and oxygen atoms in total. The summed E-state index contributed by atoms with van der Waals surface area (Å²) in [7, 11) is 0. The fourth-order valence-corrected chi connectivity index (χ4v) is 3.42. The van der Waals surface area contributed by atoms with Gasteiger partial charge in [-0.15, -0.1) is 0 Å². The van der Waals surface area contributed by atoms with E-state index in [4.69, 9.17) is 0 Å². The van der Waals surface area contributed by atoms with Crippen molar-refractivity contribution in [1.82, 2.24) is 10.2 Å². The van der Waals surface area contributed by atoms with Crippen LogP contribution in [-0.4, -0.2) is 36.6 Å². The summed E-state index contributed by atoms with van der Waals surface area (Å²) < 4.78 is 0. The van der Waals surface area contributed by atoms with Gasteiger partial charge in [0.2, 0.25) is 0 Å². The van der Waals surface area contributed by atoms with Crippen LogP contribution in [0.3, 0.4) is 0 Å². The lowest BCUT2D eigenvalue weighted by Gasteiger charge is -2.35. The molecule has 16 heavy (non-hydrogen) atoms. The number of nitrogens with one attached hydrogen (secondary N) is 1. The minimum atomic E-state index is 0.842. The third-order valence-corrected chi connectivity index (χ3v) is 4.27. The standard InChI is InChI=1S/C14H28N2/c1-2-10-15-12-14-9-6-11-16(14)13-7-4-3-5-8-13/h13-15H,2-12H2,1H3. The van der Waals surface area contributed by atoms with Crippen LogP contribution in [0.1, 0.15) is 58.3 Å². The minimum absolute atomic E-state index is 0.842. The second-order valence-electron chi connectivity index (χ2n) is 5.53. The van der Waals surface area contributed by atoms with Gasteiger partial charge in [-0.1, -0.05) is 26.2 Å². The molecule has 1 saturated carbocycles. The fraction of sp³-hybridized carbons (Fsp3) is 1.00. The van der Waals surface area contributed by atoms with Crippen molar-refractivity contribution < 1.29 is 0 Å². The molecule has 0 aromatic carbocycles. The van der Waals surface area contributed by atoms with Gasteiger partial charge in [0.05, 0.1) is 0 Å². The first kappa shape index (κ1) is 12.4. The van der Waals surface area contributed by atoms with Gasteiger partial charge in [0.25, 0.3) is 0 Å². The molecule has 0 radical (unpaired) electrons. The maximum absolute atomic E-state index is 3.60. The Hall–Kier alpha value is -0.0800. The van der Waals surface area contributed by atoms with Crippen LogP contribution in [0.25, 0.3) is 0 Å². The molecule has 0 spiro atoms. The van der Waals surface area contributed by atoms with Gasteiger partial charge in [0.1, 0.15) is 0 Å². The van der Waals surface area contributed by atoms with Gasteiger partial charge in [-0.2, -0.15) is 0 Å². The minimum Gasteiger partial charge on any atom is -0.315 e. The highest BCUT2D eigenvalue weighted by atomic mass is 15.2. The molecule has 1 atom stereocenters. The van der Waals surface area contributed by atoms with Gasteiger partial charge < -0.3 is 5.32 Å². The summed E-state index contributed by atoms with van der Waals surface area (Å²) in [5.41, 5.74) is 0. The lowest BCUT2D eigenvalue weighted by Crippen LogP contribution is -2.44. The molecule has 2 heteroatoms. The fourth-order valence-electron chi connectivity index (χ4n) is 3.42. The van der Waals surface area contributed by atoms with E-state index in [1.165, 1.54) is 71.0 Å². The molecule has 2 aliphatic rings. The van der Waals surface area contributed by atoms with Crippen LogP contribution >= 0.6 is 0 Å². The molecule has 1 aliphatic heterocycles. The largest absolute Gasteiger partial charge is 0.315 e. The maximum atomic E-state index is 3.60. The summed E-state index contributed by atoms with van der Waals surface area (Å²) in [5.74, 6) is 0. The van der Waals surface area contributed by atoms with Crippen molar-refractivity contribution in [2.45, 2.75) is 70.4 Å². The van der Waals surface area contributed by atoms with Crippen LogP contribution < -0.4 is 5.32 Å². The Balaban J connectivity index is 1.77. The van der Waals surface area contributed by atoms with Gasteiger partial charge in [0.15, 0.2) is 0 Å². The number of rotatable bonds is 5. The van der Waals surface area contributed by atoms with Crippen LogP contribution in [0.2, 0.25) is 0 Å². The Labute approximate surface area is 101 Å². The van der Waals surface area contributed by atoms with E-state index < -0.39 is 0 Å². The third kappa shape index (κ3) is 3.21. The predicted molar refractivity (Wildman–Crippen MR) is 69.8 cm³/mol. The smallest absolute Gasteiger partial charge is 0.0224 e. The molecule has 1 heterocycles. The second kappa shape index (κ2) is 6.61. The molecule has 1 unspecified atom stereocenters. The molecule has 1 saturated heterocycles. The van der Waals surface area contributed by atoms with E-state index >= 15 is 0 Å². The highest BCUT2D eigenvalue weighted by molar-refractivity contribution is 4.87. The molecule has 94 valence electrons. The topological polar surface area (TPSA) is 15.3 Å². The monoisotopic (exact) mass is 224 g/mol. The van der Waals surface area contributed by atoms with Crippen LogP contribution in [0.15, 0.2) is 0 Å². The average molecular weight is 224 g/mol. The quantitative estimate of drug-likeness (QED) is 0.722. The Kier molecular flexibility index (Phi) is 5.11. The Morgan fingerprint density at radius 2 is 1.88 bits per heavy atom. The van der Waals surface area contributed by atoms with Crippen molar-refractivity contribution in [3.05, 3.63) is 0 Å². The Bertz CT molecular complexity index is 187. The molecular formula is C14H28N2.